The summed E-state index contributed by atoms with van der Waals surface area (Å²) in [4.78, 5) is 11.2. The van der Waals surface area contributed by atoms with Gasteiger partial charge in [-0.25, -0.2) is 4.79 Å². The zero-order chi connectivity index (χ0) is 15.1. The smallest absolute Gasteiger partial charge is 0.411 e. The molecule has 0 fully saturated rings. The Morgan fingerprint density at radius 2 is 2.05 bits per heavy atom. The average molecular weight is 287 g/mol. The number of methoxy groups -OCH3 is 1. The van der Waals surface area contributed by atoms with E-state index in [1.807, 2.05) is 24.3 Å². The molecule has 0 saturated heterocycles. The maximum absolute atomic E-state index is 11.2. The summed E-state index contributed by atoms with van der Waals surface area (Å²) in [5.74, 6) is 0. The van der Waals surface area contributed by atoms with Gasteiger partial charge in [-0.05, 0) is 36.8 Å². The van der Waals surface area contributed by atoms with Gasteiger partial charge in [0.2, 0.25) is 0 Å². The number of nitrogens with zero attached hydrogens (tertiary/aromatic N) is 1. The van der Waals surface area contributed by atoms with Crippen molar-refractivity contribution in [3.8, 4) is 0 Å². The lowest BCUT2D eigenvalue weighted by molar-refractivity contribution is 0.187. The summed E-state index contributed by atoms with van der Waals surface area (Å²) in [6, 6.07) is 11.7. The minimum Gasteiger partial charge on any atom is -0.453 e. The minimum absolute atomic E-state index is 0.469. The summed E-state index contributed by atoms with van der Waals surface area (Å²) >= 11 is 0. The Hall–Kier alpha value is -2.43. The van der Waals surface area contributed by atoms with Crippen LogP contribution in [0.4, 0.5) is 16.2 Å². The lowest BCUT2D eigenvalue weighted by Crippen LogP contribution is -2.11. The van der Waals surface area contributed by atoms with Gasteiger partial charge in [0.05, 0.1) is 13.7 Å². The van der Waals surface area contributed by atoms with Crippen molar-refractivity contribution in [3.05, 3.63) is 48.3 Å². The molecule has 2 rings (SSSR count). The topological polar surface area (TPSA) is 55.3 Å². The van der Waals surface area contributed by atoms with Crippen LogP contribution in [0.1, 0.15) is 19.0 Å². The van der Waals surface area contributed by atoms with Gasteiger partial charge in [-0.15, -0.1) is 0 Å². The molecule has 112 valence electrons. The molecule has 1 heterocycles. The van der Waals surface area contributed by atoms with Gasteiger partial charge in [-0.3, -0.25) is 5.32 Å². The van der Waals surface area contributed by atoms with Crippen LogP contribution in [0.15, 0.2) is 42.6 Å². The highest BCUT2D eigenvalue weighted by molar-refractivity contribution is 5.85. The van der Waals surface area contributed by atoms with E-state index < -0.39 is 6.09 Å². The SMILES string of the molecule is CCCn1cccc1CNc1cccc(NC(=O)OC)c1. The molecular weight excluding hydrogens is 266 g/mol. The molecule has 1 aromatic heterocycles. The summed E-state index contributed by atoms with van der Waals surface area (Å²) in [5, 5.41) is 6.02. The number of carbonyl (C=O) groups excluding carboxylic acids is 1. The molecule has 0 unspecified atom stereocenters. The Labute approximate surface area is 124 Å². The average Bonchev–Trinajstić information content (AvgIpc) is 2.93. The van der Waals surface area contributed by atoms with Crippen LogP contribution in [0, 0.1) is 0 Å². The van der Waals surface area contributed by atoms with Gasteiger partial charge >= 0.3 is 6.09 Å². The van der Waals surface area contributed by atoms with Gasteiger partial charge in [0.25, 0.3) is 0 Å². The zero-order valence-electron chi connectivity index (χ0n) is 12.4. The first-order chi connectivity index (χ1) is 10.2. The third-order valence-electron chi connectivity index (χ3n) is 3.16. The lowest BCUT2D eigenvalue weighted by Gasteiger charge is -2.11. The lowest BCUT2D eigenvalue weighted by atomic mass is 10.2. The van der Waals surface area contributed by atoms with Crippen molar-refractivity contribution in [2.24, 2.45) is 0 Å². The zero-order valence-corrected chi connectivity index (χ0v) is 12.4. The molecule has 0 saturated carbocycles. The molecule has 21 heavy (non-hydrogen) atoms. The Morgan fingerprint density at radius 1 is 1.24 bits per heavy atom. The number of anilines is 2. The number of aromatic nitrogens is 1. The van der Waals surface area contributed by atoms with Gasteiger partial charge in [0.15, 0.2) is 0 Å². The molecule has 0 aliphatic carbocycles. The van der Waals surface area contributed by atoms with Crippen molar-refractivity contribution < 1.29 is 9.53 Å². The Kier molecular flexibility index (Phi) is 5.26. The fourth-order valence-electron chi connectivity index (χ4n) is 2.14. The Morgan fingerprint density at radius 3 is 2.81 bits per heavy atom. The highest BCUT2D eigenvalue weighted by Crippen LogP contribution is 2.16. The maximum atomic E-state index is 11.2. The summed E-state index contributed by atoms with van der Waals surface area (Å²) in [7, 11) is 1.35. The maximum Gasteiger partial charge on any atom is 0.411 e. The second kappa shape index (κ2) is 7.38. The van der Waals surface area contributed by atoms with E-state index in [0.29, 0.717) is 5.69 Å². The molecular formula is C16H21N3O2. The predicted molar refractivity (Wildman–Crippen MR) is 84.5 cm³/mol. The highest BCUT2D eigenvalue weighted by Gasteiger charge is 2.03. The van der Waals surface area contributed by atoms with Crippen LogP contribution in [0.3, 0.4) is 0 Å². The number of hydrogen-bond acceptors (Lipinski definition) is 3. The molecule has 0 spiro atoms. The van der Waals surface area contributed by atoms with E-state index in [-0.39, 0.29) is 0 Å². The minimum atomic E-state index is -0.469. The first-order valence-corrected chi connectivity index (χ1v) is 7.06. The van der Waals surface area contributed by atoms with Crippen LogP contribution < -0.4 is 10.6 Å². The fraction of sp³-hybridized carbons (Fsp3) is 0.312. The van der Waals surface area contributed by atoms with Crippen LogP contribution >= 0.6 is 0 Å². The number of aryl methyl sites for hydroxylation is 1. The molecule has 5 heteroatoms. The molecule has 1 aromatic carbocycles. The van der Waals surface area contributed by atoms with Crippen molar-refractivity contribution in [2.75, 3.05) is 17.7 Å². The highest BCUT2D eigenvalue weighted by atomic mass is 16.5. The van der Waals surface area contributed by atoms with E-state index in [2.05, 4.69) is 45.2 Å². The van der Waals surface area contributed by atoms with Crippen LogP contribution in [0.5, 0.6) is 0 Å². The van der Waals surface area contributed by atoms with Crippen molar-refractivity contribution in [3.63, 3.8) is 0 Å². The summed E-state index contributed by atoms with van der Waals surface area (Å²) in [6.07, 6.45) is 2.74. The second-order valence-corrected chi connectivity index (χ2v) is 4.74. The number of amides is 1. The van der Waals surface area contributed by atoms with E-state index >= 15 is 0 Å². The van der Waals surface area contributed by atoms with Crippen LogP contribution in [-0.4, -0.2) is 17.8 Å². The normalized spacial score (nSPS) is 10.2. The van der Waals surface area contributed by atoms with E-state index in [9.17, 15) is 4.79 Å². The summed E-state index contributed by atoms with van der Waals surface area (Å²) in [5.41, 5.74) is 2.90. The van der Waals surface area contributed by atoms with Gasteiger partial charge in [0.1, 0.15) is 0 Å². The van der Waals surface area contributed by atoms with Crippen molar-refractivity contribution in [1.82, 2.24) is 4.57 Å². The molecule has 0 atom stereocenters. The molecule has 0 aliphatic rings. The predicted octanol–water partition coefficient (Wildman–Crippen LogP) is 3.69. The number of carbonyl (C=O) groups is 1. The fourth-order valence-corrected chi connectivity index (χ4v) is 2.14. The summed E-state index contributed by atoms with van der Waals surface area (Å²) in [6.45, 7) is 3.93. The van der Waals surface area contributed by atoms with E-state index in [1.54, 1.807) is 0 Å². The van der Waals surface area contributed by atoms with Crippen LogP contribution in [0.2, 0.25) is 0 Å². The van der Waals surface area contributed by atoms with E-state index in [0.717, 1.165) is 25.2 Å². The van der Waals surface area contributed by atoms with E-state index in [4.69, 9.17) is 0 Å². The largest absolute Gasteiger partial charge is 0.453 e. The molecule has 0 bridgehead atoms. The van der Waals surface area contributed by atoms with Gasteiger partial charge in [-0.2, -0.15) is 0 Å². The standard InChI is InChI=1S/C16H21N3O2/c1-3-9-19-10-5-8-15(19)12-17-13-6-4-7-14(11-13)18-16(20)21-2/h4-8,10-11,17H,3,9,12H2,1-2H3,(H,18,20). The molecule has 0 radical (unpaired) electrons. The molecule has 2 N–H and O–H groups in total. The summed E-state index contributed by atoms with van der Waals surface area (Å²) < 4.78 is 6.82. The quantitative estimate of drug-likeness (QED) is 0.852. The van der Waals surface area contributed by atoms with E-state index in [1.165, 1.54) is 12.8 Å². The number of rotatable bonds is 6. The molecule has 2 aromatic rings. The number of hydrogen-bond donors (Lipinski definition) is 2. The second-order valence-electron chi connectivity index (χ2n) is 4.74. The van der Waals surface area contributed by atoms with Crippen LogP contribution in [0.25, 0.3) is 0 Å². The van der Waals surface area contributed by atoms with Crippen LogP contribution in [-0.2, 0) is 17.8 Å². The van der Waals surface area contributed by atoms with Gasteiger partial charge < -0.3 is 14.6 Å². The van der Waals surface area contributed by atoms with Gasteiger partial charge in [0, 0.05) is 29.8 Å². The Balaban J connectivity index is 1.98. The first-order valence-electron chi connectivity index (χ1n) is 7.06. The Bertz CT molecular complexity index is 593. The third-order valence-corrected chi connectivity index (χ3v) is 3.16. The number of benzene rings is 1. The van der Waals surface area contributed by atoms with Gasteiger partial charge in [-0.1, -0.05) is 13.0 Å². The number of ether oxygens (including phenoxy) is 1. The van der Waals surface area contributed by atoms with Crippen molar-refractivity contribution >= 4 is 17.5 Å². The first kappa shape index (κ1) is 15.0. The number of nitrogens with one attached hydrogen (secondary N) is 2. The molecule has 0 aliphatic heterocycles. The third kappa shape index (κ3) is 4.27. The molecule has 1 amide bonds. The molecule has 5 nitrogen and oxygen atoms in total. The van der Waals surface area contributed by atoms with Crippen molar-refractivity contribution in [1.29, 1.82) is 0 Å². The monoisotopic (exact) mass is 287 g/mol. The van der Waals surface area contributed by atoms with Crippen molar-refractivity contribution in [2.45, 2.75) is 26.4 Å².